The highest BCUT2D eigenvalue weighted by Crippen LogP contribution is 2.24. The summed E-state index contributed by atoms with van der Waals surface area (Å²) in [5.41, 5.74) is 3.43. The van der Waals surface area contributed by atoms with Crippen molar-refractivity contribution >= 4 is 28.9 Å². The third-order valence-corrected chi connectivity index (χ3v) is 5.03. The molecule has 3 rings (SSSR count). The molecule has 1 aliphatic heterocycles. The first-order valence-corrected chi connectivity index (χ1v) is 9.21. The molecule has 0 aromatic heterocycles. The van der Waals surface area contributed by atoms with Gasteiger partial charge in [-0.1, -0.05) is 23.7 Å². The molecule has 1 aliphatic rings. The maximum absolute atomic E-state index is 13.9. The highest BCUT2D eigenvalue weighted by atomic mass is 35.5. The van der Waals surface area contributed by atoms with Gasteiger partial charge in [-0.25, -0.2) is 4.39 Å². The van der Waals surface area contributed by atoms with Gasteiger partial charge in [0.25, 0.3) is 5.91 Å². The largest absolute Gasteiger partial charge is 0.360 e. The van der Waals surface area contributed by atoms with Crippen molar-refractivity contribution in [2.24, 2.45) is 0 Å². The van der Waals surface area contributed by atoms with Crippen LogP contribution in [0.1, 0.15) is 11.1 Å². The van der Waals surface area contributed by atoms with Crippen molar-refractivity contribution in [3.63, 3.8) is 0 Å². The minimum absolute atomic E-state index is 0.157. The fourth-order valence-corrected chi connectivity index (χ4v) is 3.47. The van der Waals surface area contributed by atoms with Crippen molar-refractivity contribution in [1.82, 2.24) is 0 Å². The Bertz CT molecular complexity index is 804. The molecule has 0 saturated carbocycles. The Labute approximate surface area is 158 Å². The molecule has 6 heteroatoms. The summed E-state index contributed by atoms with van der Waals surface area (Å²) in [5.74, 6) is -0.551. The van der Waals surface area contributed by atoms with Gasteiger partial charge in [0.1, 0.15) is 5.82 Å². The summed E-state index contributed by atoms with van der Waals surface area (Å²) in [5, 5.41) is 3.41. The smallest absolute Gasteiger partial charge is 0.279 e. The number of carbonyl (C=O) groups excluding carboxylic acids is 1. The van der Waals surface area contributed by atoms with Crippen molar-refractivity contribution in [2.45, 2.75) is 13.8 Å². The van der Waals surface area contributed by atoms with E-state index in [9.17, 15) is 9.18 Å². The van der Waals surface area contributed by atoms with E-state index in [4.69, 9.17) is 11.6 Å². The number of hydrogen-bond acceptors (Lipinski definition) is 2. The van der Waals surface area contributed by atoms with Crippen LogP contribution in [0.25, 0.3) is 0 Å². The van der Waals surface area contributed by atoms with Crippen LogP contribution in [0.5, 0.6) is 0 Å². The average molecular weight is 377 g/mol. The Morgan fingerprint density at radius 3 is 2.62 bits per heavy atom. The van der Waals surface area contributed by atoms with Gasteiger partial charge in [0.15, 0.2) is 6.54 Å². The molecule has 26 heavy (non-hydrogen) atoms. The monoisotopic (exact) mass is 376 g/mol. The molecular weight excluding hydrogens is 353 g/mol. The van der Waals surface area contributed by atoms with Crippen molar-refractivity contribution in [1.29, 1.82) is 0 Å². The van der Waals surface area contributed by atoms with Gasteiger partial charge in [-0.3, -0.25) is 4.79 Å². The second-order valence-electron chi connectivity index (χ2n) is 6.88. The summed E-state index contributed by atoms with van der Waals surface area (Å²) in [6, 6.07) is 10.7. The van der Waals surface area contributed by atoms with Crippen LogP contribution >= 0.6 is 11.6 Å². The Hall–Kier alpha value is -2.11. The summed E-state index contributed by atoms with van der Waals surface area (Å²) in [6.07, 6.45) is 0. The summed E-state index contributed by atoms with van der Waals surface area (Å²) in [7, 11) is 0. The van der Waals surface area contributed by atoms with E-state index in [1.165, 1.54) is 16.5 Å². The van der Waals surface area contributed by atoms with E-state index in [1.807, 2.05) is 25.1 Å². The fourth-order valence-electron chi connectivity index (χ4n) is 3.31. The number of rotatable bonds is 4. The summed E-state index contributed by atoms with van der Waals surface area (Å²) >= 11 is 6.12. The maximum atomic E-state index is 13.9. The molecule has 1 fully saturated rings. The third-order valence-electron chi connectivity index (χ3n) is 4.79. The van der Waals surface area contributed by atoms with E-state index in [-0.39, 0.29) is 11.6 Å². The van der Waals surface area contributed by atoms with Crippen LogP contribution in [0.4, 0.5) is 15.8 Å². The SMILES string of the molecule is Cc1ccc(NC(=O)C[NH+]2CCN(c3cc(Cl)ccc3C)CC2)c(F)c1. The van der Waals surface area contributed by atoms with E-state index < -0.39 is 5.82 Å². The molecule has 1 heterocycles. The highest BCUT2D eigenvalue weighted by molar-refractivity contribution is 6.30. The molecule has 0 radical (unpaired) electrons. The molecular formula is C20H24ClFN3O+. The molecule has 0 spiro atoms. The normalized spacial score (nSPS) is 15.2. The summed E-state index contributed by atoms with van der Waals surface area (Å²) < 4.78 is 13.9. The van der Waals surface area contributed by atoms with E-state index in [0.29, 0.717) is 6.54 Å². The number of hydrogen-bond donors (Lipinski definition) is 2. The molecule has 0 unspecified atom stereocenters. The highest BCUT2D eigenvalue weighted by Gasteiger charge is 2.23. The number of aryl methyl sites for hydroxylation is 2. The molecule has 4 nitrogen and oxygen atoms in total. The van der Waals surface area contributed by atoms with Crippen LogP contribution in [-0.4, -0.2) is 38.6 Å². The van der Waals surface area contributed by atoms with E-state index in [0.717, 1.165) is 42.5 Å². The van der Waals surface area contributed by atoms with Crippen LogP contribution in [0.3, 0.4) is 0 Å². The molecule has 0 aliphatic carbocycles. The number of benzene rings is 2. The zero-order valence-electron chi connectivity index (χ0n) is 15.1. The average Bonchev–Trinajstić information content (AvgIpc) is 2.60. The standard InChI is InChI=1S/C20H23ClFN3O/c1-14-3-6-18(17(22)11-14)23-20(26)13-24-7-9-25(10-8-24)19-12-16(21)5-4-15(19)2/h3-6,11-12H,7-10,13H2,1-2H3,(H,23,26)/p+1. The van der Waals surface area contributed by atoms with E-state index >= 15 is 0 Å². The Morgan fingerprint density at radius 2 is 1.92 bits per heavy atom. The van der Waals surface area contributed by atoms with Gasteiger partial charge in [-0.05, 0) is 49.2 Å². The summed E-state index contributed by atoms with van der Waals surface area (Å²) in [6.45, 7) is 7.68. The minimum Gasteiger partial charge on any atom is -0.360 e. The number of nitrogens with one attached hydrogen (secondary N) is 2. The van der Waals surface area contributed by atoms with Gasteiger partial charge in [-0.15, -0.1) is 0 Å². The predicted molar refractivity (Wildman–Crippen MR) is 104 cm³/mol. The Morgan fingerprint density at radius 1 is 1.19 bits per heavy atom. The van der Waals surface area contributed by atoms with E-state index in [2.05, 4.69) is 17.1 Å². The quantitative estimate of drug-likeness (QED) is 0.860. The fraction of sp³-hybridized carbons (Fsp3) is 0.350. The van der Waals surface area contributed by atoms with Crippen LogP contribution < -0.4 is 15.1 Å². The Kier molecular flexibility index (Phi) is 5.79. The maximum Gasteiger partial charge on any atom is 0.279 e. The molecule has 0 bridgehead atoms. The minimum atomic E-state index is -0.394. The predicted octanol–water partition coefficient (Wildman–Crippen LogP) is 2.44. The molecule has 2 aromatic carbocycles. The van der Waals surface area contributed by atoms with Crippen molar-refractivity contribution in [3.8, 4) is 0 Å². The lowest BCUT2D eigenvalue weighted by atomic mass is 10.1. The number of amides is 1. The summed E-state index contributed by atoms with van der Waals surface area (Å²) in [4.78, 5) is 15.7. The number of quaternary nitrogens is 1. The van der Waals surface area contributed by atoms with Crippen molar-refractivity contribution < 1.29 is 14.1 Å². The van der Waals surface area contributed by atoms with Gasteiger partial charge in [0.05, 0.1) is 31.9 Å². The molecule has 138 valence electrons. The number of carbonyl (C=O) groups is 1. The molecule has 1 amide bonds. The number of nitrogens with zero attached hydrogens (tertiary/aromatic N) is 1. The lowest BCUT2D eigenvalue weighted by Gasteiger charge is -2.34. The third kappa shape index (κ3) is 4.54. The molecule has 0 atom stereocenters. The lowest BCUT2D eigenvalue weighted by Crippen LogP contribution is -3.15. The molecule has 2 aromatic rings. The van der Waals surface area contributed by atoms with E-state index in [1.54, 1.807) is 12.1 Å². The first-order valence-electron chi connectivity index (χ1n) is 8.83. The zero-order valence-corrected chi connectivity index (χ0v) is 15.9. The van der Waals surface area contributed by atoms with Crippen molar-refractivity contribution in [2.75, 3.05) is 42.9 Å². The van der Waals surface area contributed by atoms with Crippen LogP contribution in [0, 0.1) is 19.7 Å². The number of halogens is 2. The zero-order chi connectivity index (χ0) is 18.7. The van der Waals surface area contributed by atoms with Crippen LogP contribution in [0.15, 0.2) is 36.4 Å². The lowest BCUT2D eigenvalue weighted by molar-refractivity contribution is -0.892. The van der Waals surface area contributed by atoms with Crippen LogP contribution in [-0.2, 0) is 4.79 Å². The van der Waals surface area contributed by atoms with Gasteiger partial charge in [0, 0.05) is 10.7 Å². The second-order valence-corrected chi connectivity index (χ2v) is 7.31. The van der Waals surface area contributed by atoms with Gasteiger partial charge in [-0.2, -0.15) is 0 Å². The Balaban J connectivity index is 1.53. The molecule has 2 N–H and O–H groups in total. The number of piperazine rings is 1. The topological polar surface area (TPSA) is 36.8 Å². The first-order chi connectivity index (χ1) is 12.4. The number of anilines is 2. The van der Waals surface area contributed by atoms with Gasteiger partial charge in [0.2, 0.25) is 0 Å². The van der Waals surface area contributed by atoms with Crippen LogP contribution in [0.2, 0.25) is 5.02 Å². The molecule has 1 saturated heterocycles. The first kappa shape index (κ1) is 18.7. The second kappa shape index (κ2) is 8.06. The van der Waals surface area contributed by atoms with Crippen molar-refractivity contribution in [3.05, 3.63) is 58.4 Å². The van der Waals surface area contributed by atoms with Gasteiger partial charge >= 0.3 is 0 Å². The van der Waals surface area contributed by atoms with Gasteiger partial charge < -0.3 is 15.1 Å².